The summed E-state index contributed by atoms with van der Waals surface area (Å²) in [4.78, 5) is 8.86. The average molecular weight is 59.0 g/mol. The van der Waals surface area contributed by atoms with E-state index in [0.717, 1.165) is 0 Å². The molecule has 0 heterocycles. The minimum absolute atomic E-state index is 0.319. The second-order valence-corrected chi connectivity index (χ2v) is 0.333. The van der Waals surface area contributed by atoms with Crippen LogP contribution in [-0.4, -0.2) is 12.9 Å². The standard InChI is InChI=1S/C2H3O2/c3-1-2-4/h1H,2H2. The first-order valence-electron chi connectivity index (χ1n) is 0.933. The molecule has 0 rings (SSSR count). The maximum Gasteiger partial charge on any atom is 0.148 e. The van der Waals surface area contributed by atoms with Crippen LogP contribution >= 0.6 is 0 Å². The average Bonchev–Trinajstić information content (AvgIpc) is 1.37. The molecule has 0 aliphatic carbocycles. The quantitative estimate of drug-likeness (QED) is 0.379. The predicted molar refractivity (Wildman–Crippen MR) is 11.6 cm³/mol. The summed E-state index contributed by atoms with van der Waals surface area (Å²) in [6.07, 6.45) is 0.319. The van der Waals surface area contributed by atoms with Crippen molar-refractivity contribution in [3.05, 3.63) is 0 Å². The summed E-state index contributed by atoms with van der Waals surface area (Å²) < 4.78 is 0. The molecule has 4 heavy (non-hydrogen) atoms. The Labute approximate surface area is 24.1 Å². The molecule has 0 bridgehead atoms. The molecule has 0 saturated heterocycles. The molecule has 0 amide bonds. The predicted octanol–water partition coefficient (Wildman–Crippen LogP) is -0.384. The van der Waals surface area contributed by atoms with Crippen molar-refractivity contribution in [1.82, 2.24) is 0 Å². The van der Waals surface area contributed by atoms with E-state index in [4.69, 9.17) is 9.90 Å². The molecule has 0 fully saturated rings. The Morgan fingerprint density at radius 1 is 1.75 bits per heavy atom. The van der Waals surface area contributed by atoms with E-state index < -0.39 is 6.61 Å². The van der Waals surface area contributed by atoms with Crippen LogP contribution in [0, 0.1) is 0 Å². The zero-order valence-corrected chi connectivity index (χ0v) is 2.10. The van der Waals surface area contributed by atoms with E-state index >= 15 is 0 Å². The van der Waals surface area contributed by atoms with Crippen LogP contribution in [0.1, 0.15) is 0 Å². The van der Waals surface area contributed by atoms with Crippen LogP contribution in [0.4, 0.5) is 0 Å². The van der Waals surface area contributed by atoms with Gasteiger partial charge in [0.15, 0.2) is 0 Å². The van der Waals surface area contributed by atoms with E-state index in [9.17, 15) is 0 Å². The third kappa shape index (κ3) is 1.63. The highest BCUT2D eigenvalue weighted by atomic mass is 16.3. The van der Waals surface area contributed by atoms with Crippen LogP contribution < -0.4 is 0 Å². The van der Waals surface area contributed by atoms with Crippen molar-refractivity contribution in [3.63, 3.8) is 0 Å². The van der Waals surface area contributed by atoms with Gasteiger partial charge in [-0.2, -0.15) is 0 Å². The van der Waals surface area contributed by atoms with Gasteiger partial charge in [-0.05, 0) is 0 Å². The molecule has 0 aromatic carbocycles. The number of hydrogen-bond acceptors (Lipinski definition) is 1. The Bertz CT molecular complexity index is 18.0. The summed E-state index contributed by atoms with van der Waals surface area (Å²) in [7, 11) is 0. The van der Waals surface area contributed by atoms with Gasteiger partial charge in [-0.1, -0.05) is 0 Å². The lowest BCUT2D eigenvalue weighted by Crippen LogP contribution is -1.72. The van der Waals surface area contributed by atoms with E-state index in [1.807, 2.05) is 0 Å². The van der Waals surface area contributed by atoms with Gasteiger partial charge < -0.3 is 4.79 Å². The fourth-order valence-corrected chi connectivity index (χ4v) is 0. The van der Waals surface area contributed by atoms with Crippen molar-refractivity contribution in [2.45, 2.75) is 0 Å². The lowest BCUT2D eigenvalue weighted by molar-refractivity contribution is -0.111. The Morgan fingerprint density at radius 2 is 2.00 bits per heavy atom. The maximum absolute atomic E-state index is 8.93. The van der Waals surface area contributed by atoms with E-state index in [1.165, 1.54) is 0 Å². The second kappa shape index (κ2) is 2.63. The number of rotatable bonds is 1. The topological polar surface area (TPSA) is 37.0 Å². The Balaban J connectivity index is 2.30. The molecular formula is C2H3O2. The molecule has 0 aromatic heterocycles. The first-order valence-corrected chi connectivity index (χ1v) is 0.933. The van der Waals surface area contributed by atoms with Crippen LogP contribution in [0.25, 0.3) is 0 Å². The lowest BCUT2D eigenvalue weighted by atomic mass is 10.9. The van der Waals surface area contributed by atoms with E-state index in [2.05, 4.69) is 0 Å². The molecule has 0 aliphatic heterocycles. The van der Waals surface area contributed by atoms with Crippen molar-refractivity contribution < 1.29 is 9.90 Å². The Morgan fingerprint density at radius 3 is 2.00 bits per heavy atom. The molecule has 0 atom stereocenters. The second-order valence-electron chi connectivity index (χ2n) is 0.333. The zero-order chi connectivity index (χ0) is 3.41. The largest absolute Gasteiger partial charge is 0.301 e. The molecule has 2 nitrogen and oxygen atoms in total. The molecule has 0 saturated carbocycles. The number of hydrogen-bond donors (Lipinski definition) is 0. The highest BCUT2D eigenvalue weighted by Crippen LogP contribution is 1.31. The monoisotopic (exact) mass is 59.0 g/mol. The van der Waals surface area contributed by atoms with Crippen LogP contribution in [0.15, 0.2) is 0 Å². The summed E-state index contributed by atoms with van der Waals surface area (Å²) in [6, 6.07) is 0. The van der Waals surface area contributed by atoms with Crippen LogP contribution in [0.3, 0.4) is 0 Å². The van der Waals surface area contributed by atoms with Crippen LogP contribution in [0.2, 0.25) is 0 Å². The van der Waals surface area contributed by atoms with Gasteiger partial charge in [0.1, 0.15) is 12.9 Å². The number of carbonyl (C=O) groups excluding carboxylic acids is 1. The normalized spacial score (nSPS) is 6.25. The van der Waals surface area contributed by atoms with Crippen molar-refractivity contribution in [2.75, 3.05) is 6.61 Å². The van der Waals surface area contributed by atoms with Gasteiger partial charge in [0.2, 0.25) is 0 Å². The first kappa shape index (κ1) is 3.63. The SMILES string of the molecule is [O]CC=O. The fourth-order valence-electron chi connectivity index (χ4n) is 0. The van der Waals surface area contributed by atoms with Gasteiger partial charge in [0.05, 0.1) is 0 Å². The maximum atomic E-state index is 8.93. The summed E-state index contributed by atoms with van der Waals surface area (Å²) in [5, 5.41) is 8.93. The van der Waals surface area contributed by atoms with Gasteiger partial charge in [-0.3, -0.25) is 0 Å². The highest BCUT2D eigenvalue weighted by Gasteiger charge is 1.57. The fraction of sp³-hybridized carbons (Fsp3) is 0.500. The lowest BCUT2D eigenvalue weighted by Gasteiger charge is -1.48. The summed E-state index contributed by atoms with van der Waals surface area (Å²) in [5.74, 6) is 0. The Hall–Kier alpha value is -0.370. The highest BCUT2D eigenvalue weighted by molar-refractivity contribution is 5.49. The molecule has 0 spiro atoms. The van der Waals surface area contributed by atoms with Crippen molar-refractivity contribution in [2.24, 2.45) is 0 Å². The van der Waals surface area contributed by atoms with E-state index in [1.54, 1.807) is 0 Å². The summed E-state index contributed by atoms with van der Waals surface area (Å²) in [5.41, 5.74) is 0. The molecule has 0 aliphatic rings. The minimum Gasteiger partial charge on any atom is -0.301 e. The van der Waals surface area contributed by atoms with Gasteiger partial charge in [-0.25, -0.2) is 5.11 Å². The molecule has 23 valence electrons. The molecule has 0 N–H and O–H groups in total. The number of aldehydes is 1. The van der Waals surface area contributed by atoms with Gasteiger partial charge in [-0.15, -0.1) is 0 Å². The van der Waals surface area contributed by atoms with Gasteiger partial charge >= 0.3 is 0 Å². The van der Waals surface area contributed by atoms with Crippen LogP contribution in [-0.2, 0) is 9.90 Å². The minimum atomic E-state index is -0.611. The molecular weight excluding hydrogens is 56.0 g/mol. The summed E-state index contributed by atoms with van der Waals surface area (Å²) >= 11 is 0. The van der Waals surface area contributed by atoms with Crippen molar-refractivity contribution >= 4 is 6.29 Å². The van der Waals surface area contributed by atoms with Crippen LogP contribution in [0.5, 0.6) is 0 Å². The number of carbonyl (C=O) groups is 1. The van der Waals surface area contributed by atoms with Gasteiger partial charge in [0.25, 0.3) is 0 Å². The molecule has 1 radical (unpaired) electrons. The first-order chi connectivity index (χ1) is 1.91. The Kier molecular flexibility index (Phi) is 2.39. The van der Waals surface area contributed by atoms with E-state index in [0.29, 0.717) is 6.29 Å². The van der Waals surface area contributed by atoms with E-state index in [-0.39, 0.29) is 0 Å². The molecule has 2 heteroatoms. The molecule has 0 aromatic rings. The third-order valence-corrected chi connectivity index (χ3v) is 0.0680. The third-order valence-electron chi connectivity index (χ3n) is 0.0680. The zero-order valence-electron chi connectivity index (χ0n) is 2.10. The molecule has 0 unspecified atom stereocenters. The van der Waals surface area contributed by atoms with Crippen molar-refractivity contribution in [1.29, 1.82) is 0 Å². The smallest absolute Gasteiger partial charge is 0.148 e. The van der Waals surface area contributed by atoms with Gasteiger partial charge in [0, 0.05) is 0 Å². The summed E-state index contributed by atoms with van der Waals surface area (Å²) in [6.45, 7) is -0.611. The van der Waals surface area contributed by atoms with Crippen molar-refractivity contribution in [3.8, 4) is 0 Å².